The van der Waals surface area contributed by atoms with E-state index in [1.807, 2.05) is 6.07 Å². The summed E-state index contributed by atoms with van der Waals surface area (Å²) in [7, 11) is 0. The first-order valence-corrected chi connectivity index (χ1v) is 8.97. The van der Waals surface area contributed by atoms with Gasteiger partial charge in [-0.1, -0.05) is 24.4 Å². The van der Waals surface area contributed by atoms with Crippen LogP contribution in [0.25, 0.3) is 0 Å². The smallest absolute Gasteiger partial charge is 0.337 e. The van der Waals surface area contributed by atoms with Crippen molar-refractivity contribution < 1.29 is 14.7 Å². The Bertz CT molecular complexity index is 800. The first-order valence-electron chi connectivity index (χ1n) is 8.60. The van der Waals surface area contributed by atoms with Crippen LogP contribution in [0.4, 0.5) is 11.5 Å². The molecule has 1 aromatic carbocycles. The average Bonchev–Trinajstić information content (AvgIpc) is 2.91. The van der Waals surface area contributed by atoms with E-state index in [0.717, 1.165) is 31.7 Å². The normalized spacial score (nSPS) is 14.6. The number of carboxylic acid groups (broad SMARTS) is 1. The summed E-state index contributed by atoms with van der Waals surface area (Å²) in [6, 6.07) is 7.89. The number of amides is 1. The Kier molecular flexibility index (Phi) is 5.73. The third kappa shape index (κ3) is 4.32. The van der Waals surface area contributed by atoms with E-state index in [4.69, 9.17) is 16.7 Å². The Morgan fingerprint density at radius 3 is 2.38 bits per heavy atom. The topological polar surface area (TPSA) is 82.5 Å². The van der Waals surface area contributed by atoms with E-state index < -0.39 is 5.97 Å². The zero-order valence-electron chi connectivity index (χ0n) is 14.2. The highest BCUT2D eigenvalue weighted by molar-refractivity contribution is 6.33. The number of nitrogens with zero attached hydrogens (tertiary/aromatic N) is 2. The average molecular weight is 374 g/mol. The maximum Gasteiger partial charge on any atom is 0.337 e. The van der Waals surface area contributed by atoms with Gasteiger partial charge in [-0.15, -0.1) is 0 Å². The second kappa shape index (κ2) is 8.19. The fourth-order valence-corrected chi connectivity index (χ4v) is 3.24. The predicted octanol–water partition coefficient (Wildman–Crippen LogP) is 4.07. The molecule has 0 spiro atoms. The number of nitrogens with one attached hydrogen (secondary N) is 1. The minimum atomic E-state index is -1.11. The highest BCUT2D eigenvalue weighted by Crippen LogP contribution is 2.22. The molecule has 2 N–H and O–H groups in total. The Labute approximate surface area is 156 Å². The third-order valence-electron chi connectivity index (χ3n) is 4.40. The Morgan fingerprint density at radius 2 is 1.81 bits per heavy atom. The highest BCUT2D eigenvalue weighted by Gasteiger charge is 2.14. The lowest BCUT2D eigenvalue weighted by atomic mass is 10.2. The molecule has 7 heteroatoms. The summed E-state index contributed by atoms with van der Waals surface area (Å²) in [5.74, 6) is -0.544. The number of rotatable bonds is 4. The largest absolute Gasteiger partial charge is 0.478 e. The molecule has 1 aliphatic heterocycles. The number of hydrogen-bond donors (Lipinski definition) is 2. The van der Waals surface area contributed by atoms with Crippen molar-refractivity contribution in [2.75, 3.05) is 23.3 Å². The number of carboxylic acids is 1. The molecule has 6 nitrogen and oxygen atoms in total. The monoisotopic (exact) mass is 373 g/mol. The second-order valence-electron chi connectivity index (χ2n) is 6.26. The molecule has 0 saturated carbocycles. The molecular weight excluding hydrogens is 354 g/mol. The quantitative estimate of drug-likeness (QED) is 0.844. The molecule has 0 unspecified atom stereocenters. The van der Waals surface area contributed by atoms with E-state index in [9.17, 15) is 9.59 Å². The first-order chi connectivity index (χ1) is 12.5. The molecule has 136 valence electrons. The molecule has 0 radical (unpaired) electrons. The van der Waals surface area contributed by atoms with Gasteiger partial charge in [-0.25, -0.2) is 9.78 Å². The lowest BCUT2D eigenvalue weighted by Crippen LogP contribution is -2.25. The summed E-state index contributed by atoms with van der Waals surface area (Å²) in [6.45, 7) is 1.99. The summed E-state index contributed by atoms with van der Waals surface area (Å²) < 4.78 is 0. The van der Waals surface area contributed by atoms with E-state index in [1.165, 1.54) is 31.0 Å². The SMILES string of the molecule is O=C(Nc1ccc(C(=O)O)c(Cl)c1)c1ccc(N2CCCCCC2)nc1. The number of pyridine rings is 1. The standard InChI is InChI=1S/C19H20ClN3O3/c20-16-11-14(6-7-15(16)19(25)26)22-18(24)13-5-8-17(21-12-13)23-9-3-1-2-4-10-23/h5-8,11-12H,1-4,9-10H2,(H,22,24)(H,25,26). The van der Waals surface area contributed by atoms with Crippen LogP contribution in [-0.2, 0) is 0 Å². The van der Waals surface area contributed by atoms with E-state index >= 15 is 0 Å². The van der Waals surface area contributed by atoms with E-state index in [2.05, 4.69) is 15.2 Å². The van der Waals surface area contributed by atoms with Crippen LogP contribution >= 0.6 is 11.6 Å². The number of aromatic nitrogens is 1. The molecule has 0 aliphatic carbocycles. The van der Waals surface area contributed by atoms with Gasteiger partial charge in [0.2, 0.25) is 0 Å². The molecule has 2 aromatic rings. The highest BCUT2D eigenvalue weighted by atomic mass is 35.5. The minimum Gasteiger partial charge on any atom is -0.478 e. The van der Waals surface area contributed by atoms with Crippen LogP contribution in [0, 0.1) is 0 Å². The van der Waals surface area contributed by atoms with Crippen molar-refractivity contribution in [3.63, 3.8) is 0 Å². The van der Waals surface area contributed by atoms with Gasteiger partial charge in [-0.3, -0.25) is 4.79 Å². The van der Waals surface area contributed by atoms with Crippen LogP contribution in [0.2, 0.25) is 5.02 Å². The number of halogens is 1. The molecule has 0 bridgehead atoms. The van der Waals surface area contributed by atoms with Crippen LogP contribution in [0.1, 0.15) is 46.4 Å². The summed E-state index contributed by atoms with van der Waals surface area (Å²) in [4.78, 5) is 30.0. The van der Waals surface area contributed by atoms with Gasteiger partial charge in [-0.05, 0) is 43.2 Å². The molecule has 1 amide bonds. The van der Waals surface area contributed by atoms with E-state index in [0.29, 0.717) is 11.3 Å². The number of carbonyl (C=O) groups is 2. The second-order valence-corrected chi connectivity index (χ2v) is 6.67. The molecule has 2 heterocycles. The first kappa shape index (κ1) is 18.2. The van der Waals surface area contributed by atoms with Gasteiger partial charge in [0.05, 0.1) is 16.1 Å². The van der Waals surface area contributed by atoms with Crippen molar-refractivity contribution in [1.82, 2.24) is 4.98 Å². The Morgan fingerprint density at radius 1 is 1.08 bits per heavy atom. The van der Waals surface area contributed by atoms with Gasteiger partial charge < -0.3 is 15.3 Å². The van der Waals surface area contributed by atoms with Crippen molar-refractivity contribution >= 4 is 35.0 Å². The summed E-state index contributed by atoms with van der Waals surface area (Å²) >= 11 is 5.92. The molecule has 3 rings (SSSR count). The van der Waals surface area contributed by atoms with Crippen LogP contribution in [0.15, 0.2) is 36.5 Å². The fourth-order valence-electron chi connectivity index (χ4n) is 2.98. The molecule has 26 heavy (non-hydrogen) atoms. The van der Waals surface area contributed by atoms with E-state index in [1.54, 1.807) is 12.3 Å². The molecule has 0 atom stereocenters. The van der Waals surface area contributed by atoms with E-state index in [-0.39, 0.29) is 16.5 Å². The van der Waals surface area contributed by atoms with Crippen molar-refractivity contribution in [2.24, 2.45) is 0 Å². The molecule has 1 aromatic heterocycles. The third-order valence-corrected chi connectivity index (χ3v) is 4.71. The number of carbonyl (C=O) groups excluding carboxylic acids is 1. The van der Waals surface area contributed by atoms with Gasteiger partial charge >= 0.3 is 5.97 Å². The number of benzene rings is 1. The van der Waals surface area contributed by atoms with Gasteiger partial charge in [0.25, 0.3) is 5.91 Å². The lowest BCUT2D eigenvalue weighted by molar-refractivity contribution is 0.0697. The van der Waals surface area contributed by atoms with Crippen LogP contribution < -0.4 is 10.2 Å². The lowest BCUT2D eigenvalue weighted by Gasteiger charge is -2.21. The number of anilines is 2. The summed E-state index contributed by atoms with van der Waals surface area (Å²) in [5.41, 5.74) is 0.858. The molecule has 1 aliphatic rings. The van der Waals surface area contributed by atoms with Crippen LogP contribution in [0.3, 0.4) is 0 Å². The maximum atomic E-state index is 12.4. The maximum absolute atomic E-state index is 12.4. The van der Waals surface area contributed by atoms with Gasteiger partial charge in [-0.2, -0.15) is 0 Å². The van der Waals surface area contributed by atoms with Crippen molar-refractivity contribution in [3.8, 4) is 0 Å². The zero-order chi connectivity index (χ0) is 18.5. The molecular formula is C19H20ClN3O3. The molecule has 1 saturated heterocycles. The zero-order valence-corrected chi connectivity index (χ0v) is 15.0. The van der Waals surface area contributed by atoms with Crippen LogP contribution in [0.5, 0.6) is 0 Å². The number of hydrogen-bond acceptors (Lipinski definition) is 4. The van der Waals surface area contributed by atoms with Crippen molar-refractivity contribution in [1.29, 1.82) is 0 Å². The van der Waals surface area contributed by atoms with Gasteiger partial charge in [0.1, 0.15) is 5.82 Å². The Hall–Kier alpha value is -2.60. The van der Waals surface area contributed by atoms with Gasteiger partial charge in [0, 0.05) is 25.0 Å². The van der Waals surface area contributed by atoms with Crippen molar-refractivity contribution in [2.45, 2.75) is 25.7 Å². The predicted molar refractivity (Wildman–Crippen MR) is 101 cm³/mol. The van der Waals surface area contributed by atoms with Gasteiger partial charge in [0.15, 0.2) is 0 Å². The fraction of sp³-hybridized carbons (Fsp3) is 0.316. The van der Waals surface area contributed by atoms with Crippen molar-refractivity contribution in [3.05, 3.63) is 52.7 Å². The number of aromatic carboxylic acids is 1. The minimum absolute atomic E-state index is 0.00636. The summed E-state index contributed by atoms with van der Waals surface area (Å²) in [6.07, 6.45) is 6.39. The Balaban J connectivity index is 1.68. The summed E-state index contributed by atoms with van der Waals surface area (Å²) in [5, 5.41) is 11.8. The molecule has 1 fully saturated rings. The van der Waals surface area contributed by atoms with Crippen LogP contribution in [-0.4, -0.2) is 35.1 Å².